The number of aliphatic imine (C=N–C) groups is 1. The topological polar surface area (TPSA) is 67.3 Å². The van der Waals surface area contributed by atoms with Gasteiger partial charge in [-0.3, -0.25) is 14.7 Å². The van der Waals surface area contributed by atoms with Crippen LogP contribution in [0.5, 0.6) is 11.5 Å². The minimum Gasteiger partial charge on any atom is -0.454 e. The standard InChI is InChI=1S/C35H32F2N4O3/c36-28-10-6-26(7-11-28)35(27-8-12-29(37)13-9-27)34(42)41(33(39-35)30-4-1-2-17-38-30)19-3-18-40-20-15-24(16-21-40)25-5-14-31-32(22-25)44-23-43-31/h1-2,4-14,17,22,24H,3,15-16,18-21,23H2. The van der Waals surface area contributed by atoms with E-state index in [-0.39, 0.29) is 12.7 Å². The minimum absolute atomic E-state index is 0.266. The number of nitrogens with zero attached hydrogens (tertiary/aromatic N) is 4. The van der Waals surface area contributed by atoms with Gasteiger partial charge in [-0.05, 0) is 110 Å². The number of hydrogen-bond acceptors (Lipinski definition) is 6. The van der Waals surface area contributed by atoms with Crippen molar-refractivity contribution in [3.8, 4) is 11.5 Å². The minimum atomic E-state index is -1.49. The lowest BCUT2D eigenvalue weighted by molar-refractivity contribution is -0.130. The van der Waals surface area contributed by atoms with Gasteiger partial charge < -0.3 is 14.4 Å². The average molecular weight is 595 g/mol. The Labute approximate surface area is 254 Å². The summed E-state index contributed by atoms with van der Waals surface area (Å²) in [5.41, 5.74) is 1.38. The molecule has 3 aliphatic heterocycles. The molecule has 3 aromatic carbocycles. The van der Waals surface area contributed by atoms with Gasteiger partial charge in [-0.1, -0.05) is 36.4 Å². The summed E-state index contributed by atoms with van der Waals surface area (Å²) in [4.78, 5) is 28.2. The molecule has 0 bridgehead atoms. The summed E-state index contributed by atoms with van der Waals surface area (Å²) in [7, 11) is 0. The maximum atomic E-state index is 14.5. The molecule has 0 N–H and O–H groups in total. The first-order valence-corrected chi connectivity index (χ1v) is 15.0. The number of pyridine rings is 1. The number of hydrogen-bond donors (Lipinski definition) is 0. The van der Waals surface area contributed by atoms with Gasteiger partial charge >= 0.3 is 0 Å². The molecule has 0 unspecified atom stereocenters. The monoisotopic (exact) mass is 594 g/mol. The normalized spacial score (nSPS) is 18.1. The molecule has 0 radical (unpaired) electrons. The lowest BCUT2D eigenvalue weighted by Crippen LogP contribution is -2.43. The molecule has 1 fully saturated rings. The zero-order valence-corrected chi connectivity index (χ0v) is 24.2. The number of rotatable bonds is 8. The third kappa shape index (κ3) is 5.21. The molecule has 9 heteroatoms. The maximum absolute atomic E-state index is 14.5. The highest BCUT2D eigenvalue weighted by Crippen LogP contribution is 2.42. The molecule has 224 valence electrons. The molecular weight excluding hydrogens is 562 g/mol. The first-order chi connectivity index (χ1) is 21.5. The average Bonchev–Trinajstić information content (AvgIpc) is 3.65. The number of piperidine rings is 1. The van der Waals surface area contributed by atoms with E-state index in [2.05, 4.69) is 22.0 Å². The Morgan fingerprint density at radius 2 is 1.50 bits per heavy atom. The molecule has 0 spiro atoms. The van der Waals surface area contributed by atoms with E-state index in [0.717, 1.165) is 50.4 Å². The van der Waals surface area contributed by atoms with E-state index >= 15 is 0 Å². The van der Waals surface area contributed by atoms with Gasteiger partial charge in [0.15, 0.2) is 22.9 Å². The highest BCUT2D eigenvalue weighted by Gasteiger charge is 2.51. The molecule has 0 saturated carbocycles. The fourth-order valence-corrected chi connectivity index (χ4v) is 6.49. The fraction of sp³-hybridized carbons (Fsp3) is 0.286. The second-order valence-electron chi connectivity index (χ2n) is 11.4. The summed E-state index contributed by atoms with van der Waals surface area (Å²) in [5, 5.41) is 0. The van der Waals surface area contributed by atoms with Crippen LogP contribution in [-0.2, 0) is 10.3 Å². The number of fused-ring (bicyclic) bond motifs is 1. The van der Waals surface area contributed by atoms with Crippen molar-refractivity contribution in [3.63, 3.8) is 0 Å². The highest BCUT2D eigenvalue weighted by atomic mass is 19.1. The van der Waals surface area contributed by atoms with E-state index in [4.69, 9.17) is 14.5 Å². The number of aromatic nitrogens is 1. The van der Waals surface area contributed by atoms with Crippen LogP contribution in [0.2, 0.25) is 0 Å². The molecule has 7 rings (SSSR count). The fourth-order valence-electron chi connectivity index (χ4n) is 6.49. The first-order valence-electron chi connectivity index (χ1n) is 15.0. The number of carbonyl (C=O) groups is 1. The highest BCUT2D eigenvalue weighted by molar-refractivity contribution is 6.16. The Kier molecular flexibility index (Phi) is 7.56. The van der Waals surface area contributed by atoms with Crippen LogP contribution in [-0.4, -0.2) is 59.5 Å². The molecule has 4 aromatic rings. The van der Waals surface area contributed by atoms with Crippen LogP contribution in [0.25, 0.3) is 0 Å². The molecule has 0 atom stereocenters. The van der Waals surface area contributed by atoms with Gasteiger partial charge in [0.05, 0.1) is 0 Å². The van der Waals surface area contributed by atoms with Crippen molar-refractivity contribution < 1.29 is 23.0 Å². The van der Waals surface area contributed by atoms with Crippen molar-refractivity contribution in [2.45, 2.75) is 30.7 Å². The van der Waals surface area contributed by atoms with E-state index in [0.29, 0.717) is 35.1 Å². The SMILES string of the molecule is O=C1N(CCCN2CCC(c3ccc4c(c3)OCO4)CC2)C(c2ccccn2)=NC1(c1ccc(F)cc1)c1ccc(F)cc1. The van der Waals surface area contributed by atoms with Gasteiger partial charge in [0, 0.05) is 12.7 Å². The molecule has 0 aliphatic carbocycles. The van der Waals surface area contributed by atoms with E-state index in [9.17, 15) is 13.6 Å². The van der Waals surface area contributed by atoms with Crippen LogP contribution in [0.3, 0.4) is 0 Å². The van der Waals surface area contributed by atoms with Gasteiger partial charge in [-0.2, -0.15) is 0 Å². The lowest BCUT2D eigenvalue weighted by Gasteiger charge is -2.33. The Balaban J connectivity index is 1.10. The molecule has 7 nitrogen and oxygen atoms in total. The Morgan fingerprint density at radius 3 is 2.16 bits per heavy atom. The molecule has 1 saturated heterocycles. The Bertz CT molecular complexity index is 1630. The summed E-state index contributed by atoms with van der Waals surface area (Å²) in [6.45, 7) is 3.46. The zero-order chi connectivity index (χ0) is 30.1. The number of amides is 1. The van der Waals surface area contributed by atoms with Crippen molar-refractivity contribution in [2.75, 3.05) is 33.0 Å². The predicted molar refractivity (Wildman–Crippen MR) is 162 cm³/mol. The van der Waals surface area contributed by atoms with Crippen molar-refractivity contribution in [3.05, 3.63) is 125 Å². The van der Waals surface area contributed by atoms with Crippen LogP contribution < -0.4 is 9.47 Å². The van der Waals surface area contributed by atoms with Crippen LogP contribution in [0, 0.1) is 11.6 Å². The van der Waals surface area contributed by atoms with E-state index < -0.39 is 17.2 Å². The van der Waals surface area contributed by atoms with Crippen LogP contribution >= 0.6 is 0 Å². The van der Waals surface area contributed by atoms with Crippen LogP contribution in [0.4, 0.5) is 8.78 Å². The summed E-state index contributed by atoms with van der Waals surface area (Å²) >= 11 is 0. The summed E-state index contributed by atoms with van der Waals surface area (Å²) < 4.78 is 39.0. The van der Waals surface area contributed by atoms with Gasteiger partial charge in [0.2, 0.25) is 6.79 Å². The van der Waals surface area contributed by atoms with E-state index in [1.54, 1.807) is 35.4 Å². The van der Waals surface area contributed by atoms with Crippen molar-refractivity contribution in [2.24, 2.45) is 4.99 Å². The predicted octanol–water partition coefficient (Wildman–Crippen LogP) is 5.89. The second kappa shape index (κ2) is 11.8. The molecule has 1 aromatic heterocycles. The van der Waals surface area contributed by atoms with Gasteiger partial charge in [-0.15, -0.1) is 0 Å². The first kappa shape index (κ1) is 28.2. The number of likely N-dealkylation sites (tertiary alicyclic amines) is 1. The van der Waals surface area contributed by atoms with E-state index in [1.165, 1.54) is 29.8 Å². The lowest BCUT2D eigenvalue weighted by atomic mass is 9.82. The van der Waals surface area contributed by atoms with Crippen molar-refractivity contribution in [1.82, 2.24) is 14.8 Å². The summed E-state index contributed by atoms with van der Waals surface area (Å²) in [6, 6.07) is 23.3. The number of benzene rings is 3. The van der Waals surface area contributed by atoms with Gasteiger partial charge in [0.1, 0.15) is 17.3 Å². The largest absolute Gasteiger partial charge is 0.454 e. The molecule has 3 aliphatic rings. The van der Waals surface area contributed by atoms with Crippen LogP contribution in [0.1, 0.15) is 47.6 Å². The van der Waals surface area contributed by atoms with Crippen molar-refractivity contribution in [1.29, 1.82) is 0 Å². The third-order valence-corrected chi connectivity index (χ3v) is 8.81. The number of amidine groups is 1. The smallest absolute Gasteiger partial charge is 0.265 e. The number of carbonyl (C=O) groups excluding carboxylic acids is 1. The molecule has 44 heavy (non-hydrogen) atoms. The third-order valence-electron chi connectivity index (χ3n) is 8.81. The van der Waals surface area contributed by atoms with Gasteiger partial charge in [0.25, 0.3) is 5.91 Å². The van der Waals surface area contributed by atoms with Crippen molar-refractivity contribution >= 4 is 11.7 Å². The Morgan fingerprint density at radius 1 is 0.818 bits per heavy atom. The number of halogens is 2. The quantitative estimate of drug-likeness (QED) is 0.255. The summed E-state index contributed by atoms with van der Waals surface area (Å²) in [5.74, 6) is 1.45. The van der Waals surface area contributed by atoms with Gasteiger partial charge in [-0.25, -0.2) is 13.8 Å². The number of ether oxygens (including phenoxy) is 2. The maximum Gasteiger partial charge on any atom is 0.265 e. The van der Waals surface area contributed by atoms with Crippen LogP contribution in [0.15, 0.2) is 96.1 Å². The molecular formula is C35H32F2N4O3. The molecule has 1 amide bonds. The zero-order valence-electron chi connectivity index (χ0n) is 24.2. The van der Waals surface area contributed by atoms with E-state index in [1.807, 2.05) is 24.3 Å². The second-order valence-corrected chi connectivity index (χ2v) is 11.4. The summed E-state index contributed by atoms with van der Waals surface area (Å²) in [6.07, 6.45) is 4.48. The molecule has 4 heterocycles. The Hall–Kier alpha value is -4.63.